The number of likely N-dealkylation sites (tertiary alicyclic amines) is 1. The molecular formula is C23H28N4O5. The molecule has 1 fully saturated rings. The summed E-state index contributed by atoms with van der Waals surface area (Å²) in [5.41, 5.74) is 1.15. The molecule has 1 aliphatic heterocycles. The normalized spacial score (nSPS) is 19.5. The molecule has 5 amide bonds. The summed E-state index contributed by atoms with van der Waals surface area (Å²) >= 11 is 0. The molecular weight excluding hydrogens is 412 g/mol. The van der Waals surface area contributed by atoms with E-state index in [1.165, 1.54) is 16.7 Å². The first-order chi connectivity index (χ1) is 15.3. The number of amides is 5. The van der Waals surface area contributed by atoms with Gasteiger partial charge in [-0.2, -0.15) is 0 Å². The smallest absolute Gasteiger partial charge is 0.243 e. The molecule has 0 spiro atoms. The van der Waals surface area contributed by atoms with Gasteiger partial charge >= 0.3 is 0 Å². The zero-order valence-electron chi connectivity index (χ0n) is 18.3. The highest BCUT2D eigenvalue weighted by molar-refractivity contribution is 6.05. The van der Waals surface area contributed by atoms with Gasteiger partial charge in [-0.25, -0.2) is 0 Å². The molecule has 9 heteroatoms. The summed E-state index contributed by atoms with van der Waals surface area (Å²) in [4.78, 5) is 63.7. The lowest BCUT2D eigenvalue weighted by Gasteiger charge is -2.22. The molecule has 1 aromatic carbocycles. The Morgan fingerprint density at radius 1 is 0.969 bits per heavy atom. The third-order valence-corrected chi connectivity index (χ3v) is 5.71. The minimum absolute atomic E-state index is 0.0170. The molecule has 9 nitrogen and oxygen atoms in total. The topological polar surface area (TPSA) is 116 Å². The highest BCUT2D eigenvalue weighted by Gasteiger charge is 2.47. The lowest BCUT2D eigenvalue weighted by molar-refractivity contribution is -0.141. The summed E-state index contributed by atoms with van der Waals surface area (Å²) < 4.78 is 0. The Balaban J connectivity index is 1.50. The van der Waals surface area contributed by atoms with E-state index in [-0.39, 0.29) is 60.9 Å². The van der Waals surface area contributed by atoms with Crippen LogP contribution in [0.1, 0.15) is 33.1 Å². The molecule has 1 aliphatic carbocycles. The molecule has 2 atom stereocenters. The zero-order chi connectivity index (χ0) is 23.3. The summed E-state index contributed by atoms with van der Waals surface area (Å²) in [5.74, 6) is -1.89. The Hall–Kier alpha value is -3.49. The van der Waals surface area contributed by atoms with Crippen LogP contribution >= 0.6 is 0 Å². The van der Waals surface area contributed by atoms with E-state index in [1.54, 1.807) is 31.2 Å². The van der Waals surface area contributed by atoms with E-state index < -0.39 is 0 Å². The van der Waals surface area contributed by atoms with Crippen molar-refractivity contribution >= 4 is 40.9 Å². The number of nitrogens with zero attached hydrogens (tertiary/aromatic N) is 2. The molecule has 1 aromatic rings. The maximum absolute atomic E-state index is 12.6. The molecule has 0 radical (unpaired) electrons. The van der Waals surface area contributed by atoms with Crippen molar-refractivity contribution in [2.24, 2.45) is 11.8 Å². The zero-order valence-corrected chi connectivity index (χ0v) is 18.3. The first-order valence-corrected chi connectivity index (χ1v) is 10.8. The van der Waals surface area contributed by atoms with Gasteiger partial charge in [0.1, 0.15) is 0 Å². The van der Waals surface area contributed by atoms with Crippen molar-refractivity contribution in [3.05, 3.63) is 36.4 Å². The first kappa shape index (κ1) is 23.2. The standard InChI is InChI=1S/C23H28N4O5/c1-3-26(14-20(29)25-17-10-8-16(9-11-17)24-15(2)28)21(30)12-13-27-22(31)18-6-4-5-7-19(18)23(27)32/h4-5,8-11,18-19H,3,6-7,12-14H2,1-2H3,(H,24,28)(H,25,29)/t18-,19-/m0/s1. The molecule has 2 N–H and O–H groups in total. The highest BCUT2D eigenvalue weighted by atomic mass is 16.2. The van der Waals surface area contributed by atoms with Crippen molar-refractivity contribution in [2.45, 2.75) is 33.1 Å². The largest absolute Gasteiger partial charge is 0.334 e. The van der Waals surface area contributed by atoms with Gasteiger partial charge in [0.25, 0.3) is 0 Å². The van der Waals surface area contributed by atoms with E-state index >= 15 is 0 Å². The van der Waals surface area contributed by atoms with Gasteiger partial charge in [0.15, 0.2) is 0 Å². The van der Waals surface area contributed by atoms with Crippen LogP contribution in [0, 0.1) is 11.8 Å². The molecule has 170 valence electrons. The summed E-state index contributed by atoms with van der Waals surface area (Å²) in [6, 6.07) is 6.63. The van der Waals surface area contributed by atoms with Crippen LogP contribution < -0.4 is 10.6 Å². The number of carbonyl (C=O) groups is 5. The summed E-state index contributed by atoms with van der Waals surface area (Å²) in [7, 11) is 0. The van der Waals surface area contributed by atoms with Crippen LogP contribution in [0.5, 0.6) is 0 Å². The van der Waals surface area contributed by atoms with Crippen LogP contribution in [-0.4, -0.2) is 59.0 Å². The van der Waals surface area contributed by atoms with Gasteiger partial charge < -0.3 is 15.5 Å². The number of anilines is 2. The fourth-order valence-electron chi connectivity index (χ4n) is 4.05. The van der Waals surface area contributed by atoms with Gasteiger partial charge in [-0.15, -0.1) is 0 Å². The van der Waals surface area contributed by atoms with Crippen LogP contribution in [0.15, 0.2) is 36.4 Å². The SMILES string of the molecule is CCN(CC(=O)Nc1ccc(NC(C)=O)cc1)C(=O)CCN1C(=O)[C@H]2CC=CC[C@@H]2C1=O. The number of likely N-dealkylation sites (N-methyl/N-ethyl adjacent to an activating group) is 1. The van der Waals surface area contributed by atoms with Crippen LogP contribution in [0.4, 0.5) is 11.4 Å². The van der Waals surface area contributed by atoms with E-state index in [1.807, 2.05) is 12.2 Å². The van der Waals surface area contributed by atoms with Gasteiger partial charge in [-0.3, -0.25) is 28.9 Å². The lowest BCUT2D eigenvalue weighted by Crippen LogP contribution is -2.40. The van der Waals surface area contributed by atoms with E-state index in [0.717, 1.165) is 0 Å². The number of imide groups is 1. The van der Waals surface area contributed by atoms with Crippen LogP contribution in [0.3, 0.4) is 0 Å². The molecule has 2 aliphatic rings. The summed E-state index contributed by atoms with van der Waals surface area (Å²) in [5, 5.41) is 5.36. The third kappa shape index (κ3) is 5.40. The number of nitrogens with one attached hydrogen (secondary N) is 2. The molecule has 0 saturated carbocycles. The quantitative estimate of drug-likeness (QED) is 0.472. The van der Waals surface area contributed by atoms with E-state index in [2.05, 4.69) is 10.6 Å². The van der Waals surface area contributed by atoms with E-state index in [4.69, 9.17) is 0 Å². The fraction of sp³-hybridized carbons (Fsp3) is 0.435. The molecule has 0 bridgehead atoms. The van der Waals surface area contributed by atoms with Crippen molar-refractivity contribution in [2.75, 3.05) is 30.3 Å². The molecule has 1 saturated heterocycles. The van der Waals surface area contributed by atoms with E-state index in [0.29, 0.717) is 30.8 Å². The Labute approximate surface area is 186 Å². The highest BCUT2D eigenvalue weighted by Crippen LogP contribution is 2.35. The average Bonchev–Trinajstić information content (AvgIpc) is 3.01. The molecule has 1 heterocycles. The fourth-order valence-corrected chi connectivity index (χ4v) is 4.05. The average molecular weight is 441 g/mol. The number of hydrogen-bond donors (Lipinski definition) is 2. The summed E-state index contributed by atoms with van der Waals surface area (Å²) in [6.07, 6.45) is 4.95. The number of carbonyl (C=O) groups excluding carboxylic acids is 5. The number of hydrogen-bond acceptors (Lipinski definition) is 5. The molecule has 32 heavy (non-hydrogen) atoms. The Morgan fingerprint density at radius 2 is 1.50 bits per heavy atom. The maximum atomic E-state index is 12.6. The van der Waals surface area contributed by atoms with Crippen molar-refractivity contribution in [3.63, 3.8) is 0 Å². The Kier molecular flexibility index (Phi) is 7.40. The molecule has 0 aromatic heterocycles. The maximum Gasteiger partial charge on any atom is 0.243 e. The van der Waals surface area contributed by atoms with Crippen molar-refractivity contribution in [1.29, 1.82) is 0 Å². The number of allylic oxidation sites excluding steroid dienone is 2. The minimum Gasteiger partial charge on any atom is -0.334 e. The van der Waals surface area contributed by atoms with Gasteiger partial charge in [-0.1, -0.05) is 12.2 Å². The Morgan fingerprint density at radius 3 is 2.00 bits per heavy atom. The van der Waals surface area contributed by atoms with Gasteiger partial charge in [0.05, 0.1) is 18.4 Å². The molecule has 0 unspecified atom stereocenters. The van der Waals surface area contributed by atoms with Crippen LogP contribution in [-0.2, 0) is 24.0 Å². The number of fused-ring (bicyclic) bond motifs is 1. The second-order valence-electron chi connectivity index (χ2n) is 7.95. The monoisotopic (exact) mass is 440 g/mol. The van der Waals surface area contributed by atoms with Crippen LogP contribution in [0.25, 0.3) is 0 Å². The predicted octanol–water partition coefficient (Wildman–Crippen LogP) is 1.77. The van der Waals surface area contributed by atoms with Gasteiger partial charge in [-0.05, 0) is 44.0 Å². The lowest BCUT2D eigenvalue weighted by atomic mass is 9.85. The number of benzene rings is 1. The van der Waals surface area contributed by atoms with Crippen molar-refractivity contribution in [3.8, 4) is 0 Å². The Bertz CT molecular complexity index is 914. The third-order valence-electron chi connectivity index (χ3n) is 5.71. The molecule has 3 rings (SSSR count). The minimum atomic E-state index is -0.363. The van der Waals surface area contributed by atoms with E-state index in [9.17, 15) is 24.0 Å². The van der Waals surface area contributed by atoms with Crippen LogP contribution in [0.2, 0.25) is 0 Å². The number of rotatable bonds is 8. The van der Waals surface area contributed by atoms with Gasteiger partial charge in [0.2, 0.25) is 29.5 Å². The second-order valence-corrected chi connectivity index (χ2v) is 7.95. The van der Waals surface area contributed by atoms with Crippen molar-refractivity contribution in [1.82, 2.24) is 9.80 Å². The summed E-state index contributed by atoms with van der Waals surface area (Å²) in [6.45, 7) is 3.39. The van der Waals surface area contributed by atoms with Crippen molar-refractivity contribution < 1.29 is 24.0 Å². The first-order valence-electron chi connectivity index (χ1n) is 10.8. The van der Waals surface area contributed by atoms with Gasteiger partial charge in [0, 0.05) is 37.8 Å². The predicted molar refractivity (Wildman–Crippen MR) is 118 cm³/mol. The second kappa shape index (κ2) is 10.2.